The van der Waals surface area contributed by atoms with Crippen molar-refractivity contribution in [2.24, 2.45) is 0 Å². The maximum Gasteiger partial charge on any atom is 0.257 e. The van der Waals surface area contributed by atoms with Crippen LogP contribution in [0.15, 0.2) is 55.0 Å². The maximum atomic E-state index is 12.6. The van der Waals surface area contributed by atoms with E-state index in [9.17, 15) is 4.79 Å². The van der Waals surface area contributed by atoms with Crippen LogP contribution in [-0.2, 0) is 0 Å². The average Bonchev–Trinajstić information content (AvgIpc) is 3.28. The summed E-state index contributed by atoms with van der Waals surface area (Å²) in [6.45, 7) is 4.05. The van der Waals surface area contributed by atoms with E-state index in [4.69, 9.17) is 0 Å². The Morgan fingerprint density at radius 1 is 1.28 bits per heavy atom. The molecule has 0 spiro atoms. The summed E-state index contributed by atoms with van der Waals surface area (Å²) < 4.78 is 1.62. The van der Waals surface area contributed by atoms with Gasteiger partial charge in [0.1, 0.15) is 5.56 Å². The summed E-state index contributed by atoms with van der Waals surface area (Å²) in [6.07, 6.45) is 6.00. The van der Waals surface area contributed by atoms with Crippen LogP contribution >= 0.6 is 0 Å². The minimum absolute atomic E-state index is 0.104. The Morgan fingerprint density at radius 2 is 2.12 bits per heavy atom. The quantitative estimate of drug-likeness (QED) is 0.795. The second-order valence-electron chi connectivity index (χ2n) is 6.49. The van der Waals surface area contributed by atoms with Gasteiger partial charge < -0.3 is 5.32 Å². The molecule has 6 nitrogen and oxygen atoms in total. The van der Waals surface area contributed by atoms with Gasteiger partial charge >= 0.3 is 0 Å². The number of amides is 1. The predicted molar refractivity (Wildman–Crippen MR) is 95.3 cm³/mol. The molecule has 1 amide bonds. The van der Waals surface area contributed by atoms with Crippen molar-refractivity contribution in [2.45, 2.75) is 25.4 Å². The molecule has 2 atom stereocenters. The van der Waals surface area contributed by atoms with Crippen molar-refractivity contribution >= 4 is 11.6 Å². The summed E-state index contributed by atoms with van der Waals surface area (Å²) in [5, 5.41) is 7.32. The molecule has 1 fully saturated rings. The molecule has 0 saturated carbocycles. The number of likely N-dealkylation sites (tertiary alicyclic amines) is 1. The van der Waals surface area contributed by atoms with Crippen LogP contribution in [0.5, 0.6) is 0 Å². The third-order valence-electron chi connectivity index (χ3n) is 4.91. The zero-order valence-electron chi connectivity index (χ0n) is 14.2. The molecule has 0 radical (unpaired) electrons. The topological polar surface area (TPSA) is 62.5 Å². The van der Waals surface area contributed by atoms with Gasteiger partial charge in [-0.1, -0.05) is 30.3 Å². The Kier molecular flexibility index (Phi) is 4.19. The first-order chi connectivity index (χ1) is 12.2. The van der Waals surface area contributed by atoms with Crippen molar-refractivity contribution in [3.05, 3.63) is 66.1 Å². The summed E-state index contributed by atoms with van der Waals surface area (Å²) in [7, 11) is 0. The number of fused-ring (bicyclic) bond motifs is 1. The van der Waals surface area contributed by atoms with E-state index in [2.05, 4.69) is 51.5 Å². The molecule has 3 heterocycles. The minimum Gasteiger partial charge on any atom is -0.348 e. The molecule has 1 saturated heterocycles. The zero-order valence-corrected chi connectivity index (χ0v) is 14.2. The summed E-state index contributed by atoms with van der Waals surface area (Å²) in [5.41, 5.74) is 2.42. The normalized spacial score (nSPS) is 19.2. The van der Waals surface area contributed by atoms with Crippen LogP contribution in [0, 0.1) is 0 Å². The molecule has 1 aromatic carbocycles. The van der Waals surface area contributed by atoms with Crippen molar-refractivity contribution in [3.63, 3.8) is 0 Å². The molecule has 128 valence electrons. The molecule has 0 aliphatic carbocycles. The van der Waals surface area contributed by atoms with E-state index in [1.807, 2.05) is 6.07 Å². The van der Waals surface area contributed by atoms with Crippen LogP contribution in [0.4, 0.5) is 0 Å². The average molecular weight is 335 g/mol. The second-order valence-corrected chi connectivity index (χ2v) is 6.49. The highest BCUT2D eigenvalue weighted by Gasteiger charge is 2.28. The number of hydrogen-bond acceptors (Lipinski definition) is 4. The molecule has 2 aromatic heterocycles. The van der Waals surface area contributed by atoms with Gasteiger partial charge in [-0.25, -0.2) is 9.50 Å². The van der Waals surface area contributed by atoms with Crippen molar-refractivity contribution in [3.8, 4) is 0 Å². The Hall–Kier alpha value is -2.73. The minimum atomic E-state index is -0.104. The fraction of sp³-hybridized carbons (Fsp3) is 0.316. The fourth-order valence-corrected chi connectivity index (χ4v) is 3.45. The molecule has 25 heavy (non-hydrogen) atoms. The van der Waals surface area contributed by atoms with E-state index in [0.717, 1.165) is 19.5 Å². The van der Waals surface area contributed by atoms with Crippen molar-refractivity contribution in [1.82, 2.24) is 24.8 Å². The molecule has 1 aliphatic rings. The number of carbonyl (C=O) groups is 1. The van der Waals surface area contributed by atoms with Gasteiger partial charge in [0.05, 0.1) is 6.20 Å². The van der Waals surface area contributed by atoms with Crippen LogP contribution in [0.25, 0.3) is 5.65 Å². The SMILES string of the molecule is C[C@H](c1ccccc1)N1CC[C@H](NC(=O)c2cnn3cccnc23)C1. The van der Waals surface area contributed by atoms with Gasteiger partial charge in [-0.15, -0.1) is 0 Å². The van der Waals surface area contributed by atoms with E-state index < -0.39 is 0 Å². The van der Waals surface area contributed by atoms with Gasteiger partial charge in [-0.2, -0.15) is 5.10 Å². The highest BCUT2D eigenvalue weighted by atomic mass is 16.1. The highest BCUT2D eigenvalue weighted by Crippen LogP contribution is 2.24. The third-order valence-corrected chi connectivity index (χ3v) is 4.91. The van der Waals surface area contributed by atoms with Gasteiger partial charge in [0.25, 0.3) is 5.91 Å². The summed E-state index contributed by atoms with van der Waals surface area (Å²) in [6, 6.07) is 12.8. The number of benzene rings is 1. The molecular weight excluding hydrogens is 314 g/mol. The van der Waals surface area contributed by atoms with Gasteiger partial charge in [0.2, 0.25) is 0 Å². The number of nitrogens with zero attached hydrogens (tertiary/aromatic N) is 4. The highest BCUT2D eigenvalue weighted by molar-refractivity contribution is 5.99. The summed E-state index contributed by atoms with van der Waals surface area (Å²) in [4.78, 5) is 19.3. The van der Waals surface area contributed by atoms with Gasteiger partial charge in [0, 0.05) is 37.6 Å². The first kappa shape index (κ1) is 15.8. The molecule has 1 aliphatic heterocycles. The Labute approximate surface area is 146 Å². The lowest BCUT2D eigenvalue weighted by Crippen LogP contribution is -2.37. The van der Waals surface area contributed by atoms with E-state index in [-0.39, 0.29) is 11.9 Å². The van der Waals surface area contributed by atoms with Crippen LogP contribution in [0.2, 0.25) is 0 Å². The second kappa shape index (κ2) is 6.64. The van der Waals surface area contributed by atoms with Crippen LogP contribution in [0.3, 0.4) is 0 Å². The standard InChI is InChI=1S/C19H21N5O/c1-14(15-6-3-2-4-7-15)23-11-8-16(13-23)22-19(25)17-12-21-24-10-5-9-20-18(17)24/h2-7,9-10,12,14,16H,8,11,13H2,1H3,(H,22,25)/t14-,16+/m1/s1. The van der Waals surface area contributed by atoms with Crippen molar-refractivity contribution in [1.29, 1.82) is 0 Å². The molecule has 4 rings (SSSR count). The number of hydrogen-bond donors (Lipinski definition) is 1. The summed E-state index contributed by atoms with van der Waals surface area (Å²) >= 11 is 0. The lowest BCUT2D eigenvalue weighted by molar-refractivity contribution is 0.0938. The molecule has 3 aromatic rings. The fourth-order valence-electron chi connectivity index (χ4n) is 3.45. The Morgan fingerprint density at radius 3 is 2.96 bits per heavy atom. The predicted octanol–water partition coefficient (Wildman–Crippen LogP) is 2.29. The van der Waals surface area contributed by atoms with Gasteiger partial charge in [0.15, 0.2) is 5.65 Å². The largest absolute Gasteiger partial charge is 0.348 e. The van der Waals surface area contributed by atoms with Crippen molar-refractivity contribution in [2.75, 3.05) is 13.1 Å². The molecule has 0 unspecified atom stereocenters. The van der Waals surface area contributed by atoms with E-state index >= 15 is 0 Å². The number of aromatic nitrogens is 3. The Balaban J connectivity index is 1.42. The first-order valence-electron chi connectivity index (χ1n) is 8.60. The summed E-state index contributed by atoms with van der Waals surface area (Å²) in [5.74, 6) is -0.104. The molecular formula is C19H21N5O. The number of nitrogens with one attached hydrogen (secondary N) is 1. The first-order valence-corrected chi connectivity index (χ1v) is 8.60. The van der Waals surface area contributed by atoms with Gasteiger partial charge in [-0.3, -0.25) is 9.69 Å². The van der Waals surface area contributed by atoms with Crippen LogP contribution in [-0.4, -0.2) is 44.5 Å². The van der Waals surface area contributed by atoms with Gasteiger partial charge in [-0.05, 0) is 25.0 Å². The zero-order chi connectivity index (χ0) is 17.2. The third kappa shape index (κ3) is 3.13. The molecule has 1 N–H and O–H groups in total. The smallest absolute Gasteiger partial charge is 0.257 e. The van der Waals surface area contributed by atoms with Crippen LogP contribution < -0.4 is 5.32 Å². The Bertz CT molecular complexity index is 876. The number of rotatable bonds is 4. The number of carbonyl (C=O) groups excluding carboxylic acids is 1. The lowest BCUT2D eigenvalue weighted by Gasteiger charge is -2.24. The monoisotopic (exact) mass is 335 g/mol. The molecule has 0 bridgehead atoms. The van der Waals surface area contributed by atoms with E-state index in [1.165, 1.54) is 5.56 Å². The van der Waals surface area contributed by atoms with Crippen LogP contribution in [0.1, 0.15) is 35.3 Å². The van der Waals surface area contributed by atoms with E-state index in [1.54, 1.807) is 29.2 Å². The maximum absolute atomic E-state index is 12.6. The lowest BCUT2D eigenvalue weighted by atomic mass is 10.1. The van der Waals surface area contributed by atoms with Crippen molar-refractivity contribution < 1.29 is 4.79 Å². The van der Waals surface area contributed by atoms with E-state index in [0.29, 0.717) is 17.3 Å². The molecule has 6 heteroatoms.